The first kappa shape index (κ1) is 16.6. The van der Waals surface area contributed by atoms with Crippen molar-refractivity contribution in [2.75, 3.05) is 5.32 Å². The second-order valence-corrected chi connectivity index (χ2v) is 6.81. The zero-order valence-corrected chi connectivity index (χ0v) is 14.1. The minimum atomic E-state index is -0.421. The lowest BCUT2D eigenvalue weighted by atomic mass is 10.1. The molecule has 2 rings (SSSR count). The van der Waals surface area contributed by atoms with Gasteiger partial charge < -0.3 is 5.32 Å². The van der Waals surface area contributed by atoms with Gasteiger partial charge in [-0.15, -0.1) is 11.8 Å². The maximum Gasteiger partial charge on any atom is 0.237 e. The van der Waals surface area contributed by atoms with Crippen LogP contribution < -0.4 is 5.32 Å². The number of amides is 1. The van der Waals surface area contributed by atoms with E-state index in [1.165, 1.54) is 23.4 Å². The molecule has 0 spiro atoms. The Kier molecular flexibility index (Phi) is 5.24. The van der Waals surface area contributed by atoms with Crippen LogP contribution in [0.15, 0.2) is 41.3 Å². The number of thioether (sulfide) groups is 1. The van der Waals surface area contributed by atoms with Crippen LogP contribution in [0.1, 0.15) is 23.6 Å². The topological polar surface area (TPSA) is 29.1 Å². The van der Waals surface area contributed by atoms with Crippen LogP contribution in [0.3, 0.4) is 0 Å². The molecule has 22 heavy (non-hydrogen) atoms. The zero-order valence-electron chi connectivity index (χ0n) is 13.2. The van der Waals surface area contributed by atoms with Gasteiger partial charge in [-0.05, 0) is 51.0 Å². The van der Waals surface area contributed by atoms with Crippen LogP contribution in [0.4, 0.5) is 10.1 Å². The number of aryl methyl sites for hydroxylation is 3. The number of nitrogens with one attached hydrogen (secondary N) is 1. The Balaban J connectivity index is 2.11. The smallest absolute Gasteiger partial charge is 0.237 e. The highest BCUT2D eigenvalue weighted by Crippen LogP contribution is 2.31. The third kappa shape index (κ3) is 3.89. The Morgan fingerprint density at radius 1 is 1.14 bits per heavy atom. The van der Waals surface area contributed by atoms with E-state index < -0.39 is 5.82 Å². The van der Waals surface area contributed by atoms with Crippen LogP contribution >= 0.6 is 11.8 Å². The van der Waals surface area contributed by atoms with Crippen LogP contribution in [-0.4, -0.2) is 11.2 Å². The van der Waals surface area contributed by atoms with Crippen molar-refractivity contribution in [1.82, 2.24) is 0 Å². The fourth-order valence-corrected chi connectivity index (χ4v) is 3.39. The highest BCUT2D eigenvalue weighted by atomic mass is 32.2. The summed E-state index contributed by atoms with van der Waals surface area (Å²) in [7, 11) is 0. The number of para-hydroxylation sites is 1. The van der Waals surface area contributed by atoms with E-state index >= 15 is 0 Å². The first-order valence-corrected chi connectivity index (χ1v) is 8.06. The molecular weight excluding hydrogens is 297 g/mol. The summed E-state index contributed by atoms with van der Waals surface area (Å²) < 4.78 is 13.6. The van der Waals surface area contributed by atoms with E-state index in [1.807, 2.05) is 20.8 Å². The number of hydrogen-bond acceptors (Lipinski definition) is 2. The van der Waals surface area contributed by atoms with E-state index in [1.54, 1.807) is 18.2 Å². The van der Waals surface area contributed by atoms with Crippen LogP contribution in [0.2, 0.25) is 0 Å². The Morgan fingerprint density at radius 2 is 1.73 bits per heavy atom. The largest absolute Gasteiger partial charge is 0.323 e. The lowest BCUT2D eigenvalue weighted by Crippen LogP contribution is -2.23. The van der Waals surface area contributed by atoms with E-state index in [2.05, 4.69) is 24.4 Å². The van der Waals surface area contributed by atoms with Crippen molar-refractivity contribution in [3.8, 4) is 0 Å². The molecule has 0 fully saturated rings. The average molecular weight is 317 g/mol. The Bertz CT molecular complexity index is 676. The summed E-state index contributed by atoms with van der Waals surface area (Å²) in [6, 6.07) is 10.4. The van der Waals surface area contributed by atoms with Gasteiger partial charge in [0, 0.05) is 4.90 Å². The minimum Gasteiger partial charge on any atom is -0.323 e. The van der Waals surface area contributed by atoms with Crippen molar-refractivity contribution in [2.24, 2.45) is 0 Å². The zero-order chi connectivity index (χ0) is 16.3. The molecule has 2 aromatic carbocycles. The monoisotopic (exact) mass is 317 g/mol. The molecule has 1 amide bonds. The molecule has 2 aromatic rings. The fraction of sp³-hybridized carbons (Fsp3) is 0.278. The molecule has 4 heteroatoms. The summed E-state index contributed by atoms with van der Waals surface area (Å²) in [6.45, 7) is 7.98. The molecule has 0 unspecified atom stereocenters. The van der Waals surface area contributed by atoms with Crippen molar-refractivity contribution in [3.63, 3.8) is 0 Å². The van der Waals surface area contributed by atoms with Gasteiger partial charge in [-0.25, -0.2) is 4.39 Å². The van der Waals surface area contributed by atoms with Gasteiger partial charge in [-0.2, -0.15) is 0 Å². The van der Waals surface area contributed by atoms with Crippen LogP contribution in [0, 0.1) is 26.6 Å². The number of hydrogen-bond donors (Lipinski definition) is 1. The molecule has 0 heterocycles. The molecule has 0 saturated heterocycles. The number of carbonyl (C=O) groups excluding carboxylic acids is 1. The molecule has 0 aliphatic heterocycles. The molecule has 0 radical (unpaired) electrons. The summed E-state index contributed by atoms with van der Waals surface area (Å²) in [5.74, 6) is -0.620. The standard InChI is InChI=1S/C18H20FNOS/c1-11-9-12(2)17(13(3)10-11)22-14(4)18(21)20-16-8-6-5-7-15(16)19/h5-10,14H,1-4H3,(H,20,21)/t14-/m1/s1. The number of benzene rings is 2. The maximum absolute atomic E-state index is 13.6. The summed E-state index contributed by atoms with van der Waals surface area (Å²) in [5, 5.41) is 2.34. The van der Waals surface area contributed by atoms with Crippen LogP contribution in [0.5, 0.6) is 0 Å². The van der Waals surface area contributed by atoms with Gasteiger partial charge in [-0.1, -0.05) is 29.8 Å². The second-order valence-electron chi connectivity index (χ2n) is 5.46. The molecule has 116 valence electrons. The van der Waals surface area contributed by atoms with Gasteiger partial charge >= 0.3 is 0 Å². The SMILES string of the molecule is Cc1cc(C)c(S[C@H](C)C(=O)Nc2ccccc2F)c(C)c1. The third-order valence-corrected chi connectivity index (χ3v) is 4.85. The first-order chi connectivity index (χ1) is 10.4. The molecular formula is C18H20FNOS. The Hall–Kier alpha value is -1.81. The van der Waals surface area contributed by atoms with Crippen molar-refractivity contribution in [2.45, 2.75) is 37.8 Å². The molecule has 0 saturated carbocycles. The molecule has 0 aliphatic carbocycles. The summed E-state index contributed by atoms with van der Waals surface area (Å²) >= 11 is 1.50. The average Bonchev–Trinajstić information content (AvgIpc) is 2.45. The van der Waals surface area contributed by atoms with Crippen molar-refractivity contribution in [1.29, 1.82) is 0 Å². The molecule has 1 N–H and O–H groups in total. The van der Waals surface area contributed by atoms with E-state index in [-0.39, 0.29) is 16.8 Å². The number of rotatable bonds is 4. The van der Waals surface area contributed by atoms with Gasteiger partial charge in [0.2, 0.25) is 5.91 Å². The van der Waals surface area contributed by atoms with Gasteiger partial charge in [0.05, 0.1) is 10.9 Å². The van der Waals surface area contributed by atoms with E-state index in [9.17, 15) is 9.18 Å². The quantitative estimate of drug-likeness (QED) is 0.815. The minimum absolute atomic E-state index is 0.200. The van der Waals surface area contributed by atoms with Gasteiger partial charge in [-0.3, -0.25) is 4.79 Å². The third-order valence-electron chi connectivity index (χ3n) is 3.40. The molecule has 0 aliphatic rings. The molecule has 2 nitrogen and oxygen atoms in total. The second kappa shape index (κ2) is 6.97. The van der Waals surface area contributed by atoms with Crippen LogP contribution in [0.25, 0.3) is 0 Å². The molecule has 0 aromatic heterocycles. The first-order valence-electron chi connectivity index (χ1n) is 7.18. The maximum atomic E-state index is 13.6. The number of carbonyl (C=O) groups is 1. The normalized spacial score (nSPS) is 12.0. The lowest BCUT2D eigenvalue weighted by Gasteiger charge is -2.16. The van der Waals surface area contributed by atoms with Gasteiger partial charge in [0.25, 0.3) is 0 Å². The summed E-state index contributed by atoms with van der Waals surface area (Å²) in [5.41, 5.74) is 3.75. The predicted molar refractivity (Wildman–Crippen MR) is 91.0 cm³/mol. The highest BCUT2D eigenvalue weighted by molar-refractivity contribution is 8.00. The summed E-state index contributed by atoms with van der Waals surface area (Å²) in [6.07, 6.45) is 0. The molecule has 1 atom stereocenters. The summed E-state index contributed by atoms with van der Waals surface area (Å²) in [4.78, 5) is 13.4. The highest BCUT2D eigenvalue weighted by Gasteiger charge is 2.18. The van der Waals surface area contributed by atoms with Gasteiger partial charge in [0.15, 0.2) is 0 Å². The van der Waals surface area contributed by atoms with E-state index in [4.69, 9.17) is 0 Å². The number of anilines is 1. The van der Waals surface area contributed by atoms with Crippen molar-refractivity contribution < 1.29 is 9.18 Å². The number of halogens is 1. The van der Waals surface area contributed by atoms with E-state index in [0.717, 1.165) is 16.0 Å². The lowest BCUT2D eigenvalue weighted by molar-refractivity contribution is -0.115. The van der Waals surface area contributed by atoms with Crippen molar-refractivity contribution >= 4 is 23.4 Å². The Labute approximate surface area is 135 Å². The fourth-order valence-electron chi connectivity index (χ4n) is 2.38. The predicted octanol–water partition coefficient (Wildman–Crippen LogP) is 4.87. The molecule has 0 bridgehead atoms. The van der Waals surface area contributed by atoms with Crippen molar-refractivity contribution in [3.05, 3.63) is 58.9 Å². The van der Waals surface area contributed by atoms with Crippen LogP contribution in [-0.2, 0) is 4.79 Å². The Morgan fingerprint density at radius 3 is 2.32 bits per heavy atom. The van der Waals surface area contributed by atoms with E-state index in [0.29, 0.717) is 0 Å². The van der Waals surface area contributed by atoms with Gasteiger partial charge in [0.1, 0.15) is 5.82 Å².